The molecule has 0 aromatic heterocycles. The van der Waals surface area contributed by atoms with E-state index in [2.05, 4.69) is 10.6 Å². The van der Waals surface area contributed by atoms with Gasteiger partial charge in [0, 0.05) is 17.5 Å². The first-order chi connectivity index (χ1) is 9.15. The second-order valence-corrected chi connectivity index (χ2v) is 5.73. The lowest BCUT2D eigenvalue weighted by Crippen LogP contribution is -2.35. The van der Waals surface area contributed by atoms with Gasteiger partial charge in [0.1, 0.15) is 0 Å². The number of benzene rings is 1. The van der Waals surface area contributed by atoms with E-state index < -0.39 is 0 Å². The maximum atomic E-state index is 11.9. The standard InChI is InChI=1S/C15H21ClN2O/c1-11(8-13-4-2-3-5-14(13)16)18-15(19)9-12-6-7-17-10-12/h2-5,11-12,17H,6-10H2,1H3,(H,18,19). The normalized spacial score (nSPS) is 20.2. The van der Waals surface area contributed by atoms with Gasteiger partial charge in [0.15, 0.2) is 0 Å². The number of carbonyl (C=O) groups excluding carboxylic acids is 1. The van der Waals surface area contributed by atoms with Crippen LogP contribution in [0.1, 0.15) is 25.3 Å². The Morgan fingerprint density at radius 3 is 3.00 bits per heavy atom. The van der Waals surface area contributed by atoms with E-state index in [9.17, 15) is 4.79 Å². The van der Waals surface area contributed by atoms with Crippen LogP contribution in [-0.4, -0.2) is 25.0 Å². The highest BCUT2D eigenvalue weighted by atomic mass is 35.5. The van der Waals surface area contributed by atoms with Crippen LogP contribution < -0.4 is 10.6 Å². The maximum Gasteiger partial charge on any atom is 0.220 e. The fourth-order valence-corrected chi connectivity index (χ4v) is 2.74. The van der Waals surface area contributed by atoms with E-state index in [0.717, 1.165) is 36.5 Å². The van der Waals surface area contributed by atoms with Gasteiger partial charge in [0.2, 0.25) is 5.91 Å². The fraction of sp³-hybridized carbons (Fsp3) is 0.533. The van der Waals surface area contributed by atoms with Crippen molar-refractivity contribution in [1.82, 2.24) is 10.6 Å². The van der Waals surface area contributed by atoms with Crippen LogP contribution in [0.25, 0.3) is 0 Å². The minimum absolute atomic E-state index is 0.113. The highest BCUT2D eigenvalue weighted by Gasteiger charge is 2.19. The number of amides is 1. The molecule has 1 aromatic rings. The summed E-state index contributed by atoms with van der Waals surface area (Å²) in [6.45, 7) is 4.02. The molecule has 0 aliphatic carbocycles. The zero-order valence-electron chi connectivity index (χ0n) is 11.3. The summed E-state index contributed by atoms with van der Waals surface area (Å²) in [6, 6.07) is 7.89. The van der Waals surface area contributed by atoms with Crippen LogP contribution in [0.5, 0.6) is 0 Å². The largest absolute Gasteiger partial charge is 0.353 e. The molecule has 104 valence electrons. The molecule has 19 heavy (non-hydrogen) atoms. The Balaban J connectivity index is 1.78. The smallest absolute Gasteiger partial charge is 0.220 e. The van der Waals surface area contributed by atoms with E-state index in [1.165, 1.54) is 0 Å². The molecule has 2 N–H and O–H groups in total. The van der Waals surface area contributed by atoms with Crippen molar-refractivity contribution < 1.29 is 4.79 Å². The quantitative estimate of drug-likeness (QED) is 0.870. The summed E-state index contributed by atoms with van der Waals surface area (Å²) in [5, 5.41) is 7.11. The van der Waals surface area contributed by atoms with Crippen molar-refractivity contribution in [2.24, 2.45) is 5.92 Å². The molecule has 2 unspecified atom stereocenters. The van der Waals surface area contributed by atoms with Crippen molar-refractivity contribution in [3.8, 4) is 0 Å². The van der Waals surface area contributed by atoms with Crippen LogP contribution in [0.15, 0.2) is 24.3 Å². The Hall–Kier alpha value is -1.06. The summed E-state index contributed by atoms with van der Waals surface area (Å²) in [6.07, 6.45) is 2.50. The molecule has 4 heteroatoms. The van der Waals surface area contributed by atoms with E-state index in [1.54, 1.807) is 0 Å². The van der Waals surface area contributed by atoms with E-state index >= 15 is 0 Å². The fourth-order valence-electron chi connectivity index (χ4n) is 2.53. The third-order valence-corrected chi connectivity index (χ3v) is 3.90. The van der Waals surface area contributed by atoms with E-state index in [4.69, 9.17) is 11.6 Å². The van der Waals surface area contributed by atoms with E-state index in [0.29, 0.717) is 12.3 Å². The first-order valence-electron chi connectivity index (χ1n) is 6.88. The van der Waals surface area contributed by atoms with Gasteiger partial charge in [0.05, 0.1) is 0 Å². The van der Waals surface area contributed by atoms with E-state index in [1.807, 2.05) is 31.2 Å². The number of carbonyl (C=O) groups is 1. The van der Waals surface area contributed by atoms with Gasteiger partial charge in [-0.1, -0.05) is 29.8 Å². The van der Waals surface area contributed by atoms with Gasteiger partial charge < -0.3 is 10.6 Å². The number of hydrogen-bond donors (Lipinski definition) is 2. The van der Waals surface area contributed by atoms with Crippen LogP contribution >= 0.6 is 11.6 Å². The molecule has 2 atom stereocenters. The van der Waals surface area contributed by atoms with Gasteiger partial charge in [0.25, 0.3) is 0 Å². The Morgan fingerprint density at radius 1 is 1.53 bits per heavy atom. The molecule has 0 bridgehead atoms. The molecule has 1 saturated heterocycles. The Morgan fingerprint density at radius 2 is 2.32 bits per heavy atom. The molecule has 2 rings (SSSR count). The summed E-state index contributed by atoms with van der Waals surface area (Å²) in [5.41, 5.74) is 1.08. The highest BCUT2D eigenvalue weighted by Crippen LogP contribution is 2.17. The summed E-state index contributed by atoms with van der Waals surface area (Å²) < 4.78 is 0. The van der Waals surface area contributed by atoms with Crippen LogP contribution in [0.4, 0.5) is 0 Å². The maximum absolute atomic E-state index is 11.9. The Labute approximate surface area is 119 Å². The van der Waals surface area contributed by atoms with Crippen molar-refractivity contribution in [3.63, 3.8) is 0 Å². The van der Waals surface area contributed by atoms with E-state index in [-0.39, 0.29) is 11.9 Å². The molecule has 1 heterocycles. The third kappa shape index (κ3) is 4.51. The average Bonchev–Trinajstić information content (AvgIpc) is 2.84. The van der Waals surface area contributed by atoms with Crippen LogP contribution in [0.2, 0.25) is 5.02 Å². The summed E-state index contributed by atoms with van der Waals surface area (Å²) in [5.74, 6) is 0.640. The molecule has 0 radical (unpaired) electrons. The molecular formula is C15H21ClN2O. The average molecular weight is 281 g/mol. The van der Waals surface area contributed by atoms with Gasteiger partial charge in [-0.25, -0.2) is 0 Å². The molecular weight excluding hydrogens is 260 g/mol. The second-order valence-electron chi connectivity index (χ2n) is 5.33. The molecule has 1 aromatic carbocycles. The number of nitrogens with one attached hydrogen (secondary N) is 2. The second kappa shape index (κ2) is 6.92. The van der Waals surface area contributed by atoms with Gasteiger partial charge >= 0.3 is 0 Å². The Bertz CT molecular complexity index is 430. The van der Waals surface area contributed by atoms with Gasteiger partial charge in [-0.05, 0) is 50.4 Å². The van der Waals surface area contributed by atoms with Crippen molar-refractivity contribution in [2.75, 3.05) is 13.1 Å². The van der Waals surface area contributed by atoms with Gasteiger partial charge in [-0.3, -0.25) is 4.79 Å². The topological polar surface area (TPSA) is 41.1 Å². The lowest BCUT2D eigenvalue weighted by Gasteiger charge is -2.16. The minimum Gasteiger partial charge on any atom is -0.353 e. The number of hydrogen-bond acceptors (Lipinski definition) is 2. The molecule has 0 spiro atoms. The lowest BCUT2D eigenvalue weighted by atomic mass is 10.0. The van der Waals surface area contributed by atoms with Crippen LogP contribution in [0, 0.1) is 5.92 Å². The Kier molecular flexibility index (Phi) is 5.23. The minimum atomic E-state index is 0.113. The van der Waals surface area contributed by atoms with Crippen molar-refractivity contribution >= 4 is 17.5 Å². The first kappa shape index (κ1) is 14.4. The summed E-state index contributed by atoms with van der Waals surface area (Å²) >= 11 is 6.12. The molecule has 1 amide bonds. The predicted octanol–water partition coefficient (Wildman–Crippen LogP) is 2.39. The molecule has 1 fully saturated rings. The molecule has 0 saturated carbocycles. The van der Waals surface area contributed by atoms with Crippen LogP contribution in [0.3, 0.4) is 0 Å². The first-order valence-corrected chi connectivity index (χ1v) is 7.26. The zero-order chi connectivity index (χ0) is 13.7. The van der Waals surface area contributed by atoms with Crippen molar-refractivity contribution in [1.29, 1.82) is 0 Å². The van der Waals surface area contributed by atoms with Gasteiger partial charge in [-0.2, -0.15) is 0 Å². The lowest BCUT2D eigenvalue weighted by molar-refractivity contribution is -0.122. The molecule has 1 aliphatic heterocycles. The molecule has 1 aliphatic rings. The monoisotopic (exact) mass is 280 g/mol. The van der Waals surface area contributed by atoms with Crippen molar-refractivity contribution in [3.05, 3.63) is 34.9 Å². The third-order valence-electron chi connectivity index (χ3n) is 3.53. The molecule has 3 nitrogen and oxygen atoms in total. The highest BCUT2D eigenvalue weighted by molar-refractivity contribution is 6.31. The summed E-state index contributed by atoms with van der Waals surface area (Å²) in [7, 11) is 0. The van der Waals surface area contributed by atoms with Crippen LogP contribution in [-0.2, 0) is 11.2 Å². The predicted molar refractivity (Wildman–Crippen MR) is 78.4 cm³/mol. The number of rotatable bonds is 5. The summed E-state index contributed by atoms with van der Waals surface area (Å²) in [4.78, 5) is 11.9. The van der Waals surface area contributed by atoms with Gasteiger partial charge in [-0.15, -0.1) is 0 Å². The zero-order valence-corrected chi connectivity index (χ0v) is 12.0. The number of halogens is 1. The SMILES string of the molecule is CC(Cc1ccccc1Cl)NC(=O)CC1CCNC1. The van der Waals surface area contributed by atoms with Crippen molar-refractivity contribution in [2.45, 2.75) is 32.2 Å².